The minimum absolute atomic E-state index is 0.218. The average Bonchev–Trinajstić information content (AvgIpc) is 3.19. The lowest BCUT2D eigenvalue weighted by atomic mass is 10.1. The van der Waals surface area contributed by atoms with E-state index in [0.29, 0.717) is 6.54 Å². The van der Waals surface area contributed by atoms with Crippen molar-refractivity contribution in [1.82, 2.24) is 15.1 Å². The van der Waals surface area contributed by atoms with Gasteiger partial charge in [-0.25, -0.2) is 0 Å². The van der Waals surface area contributed by atoms with Gasteiger partial charge in [0.25, 0.3) is 0 Å². The lowest BCUT2D eigenvalue weighted by Crippen LogP contribution is -2.40. The van der Waals surface area contributed by atoms with Gasteiger partial charge < -0.3 is 19.9 Å². The molecule has 2 aromatic rings. The predicted octanol–water partition coefficient (Wildman–Crippen LogP) is 3.50. The first-order valence-corrected chi connectivity index (χ1v) is 10.2. The lowest BCUT2D eigenvalue weighted by Gasteiger charge is -2.26. The van der Waals surface area contributed by atoms with E-state index < -0.39 is 0 Å². The molecule has 6 heteroatoms. The normalized spacial score (nSPS) is 12.9. The van der Waals surface area contributed by atoms with Gasteiger partial charge in [0.15, 0.2) is 5.96 Å². The van der Waals surface area contributed by atoms with Crippen LogP contribution in [0.2, 0.25) is 0 Å². The molecule has 0 saturated heterocycles. The molecule has 0 saturated carbocycles. The number of benzene rings is 1. The van der Waals surface area contributed by atoms with E-state index in [-0.39, 0.29) is 6.04 Å². The van der Waals surface area contributed by atoms with Crippen molar-refractivity contribution < 1.29 is 4.74 Å². The summed E-state index contributed by atoms with van der Waals surface area (Å²) in [7, 11) is 7.99. The van der Waals surface area contributed by atoms with Gasteiger partial charge in [-0.1, -0.05) is 18.2 Å². The van der Waals surface area contributed by atoms with Crippen molar-refractivity contribution in [2.75, 3.05) is 47.9 Å². The Bertz CT molecular complexity index is 683. The Balaban J connectivity index is 2.06. The topological polar surface area (TPSA) is 40.1 Å². The van der Waals surface area contributed by atoms with Gasteiger partial charge in [-0.3, -0.25) is 4.99 Å². The highest BCUT2D eigenvalue weighted by atomic mass is 32.1. The number of nitrogens with one attached hydrogen (secondary N) is 1. The Labute approximate surface area is 167 Å². The quantitative estimate of drug-likeness (QED) is 0.527. The molecule has 5 nitrogen and oxygen atoms in total. The number of guanidine groups is 1. The second-order valence-corrected chi connectivity index (χ2v) is 7.73. The van der Waals surface area contributed by atoms with Crippen molar-refractivity contribution in [2.24, 2.45) is 4.99 Å². The van der Waals surface area contributed by atoms with Crippen molar-refractivity contribution in [3.05, 3.63) is 52.2 Å². The highest BCUT2D eigenvalue weighted by Gasteiger charge is 2.15. The second kappa shape index (κ2) is 10.9. The number of hydrogen-bond acceptors (Lipinski definition) is 4. The van der Waals surface area contributed by atoms with Gasteiger partial charge in [-0.15, -0.1) is 11.3 Å². The van der Waals surface area contributed by atoms with Crippen molar-refractivity contribution in [3.63, 3.8) is 0 Å². The van der Waals surface area contributed by atoms with Crippen molar-refractivity contribution in [1.29, 1.82) is 0 Å². The Morgan fingerprint density at radius 2 is 1.93 bits per heavy atom. The third-order valence-electron chi connectivity index (χ3n) is 4.51. The number of rotatable bonds is 9. The van der Waals surface area contributed by atoms with E-state index in [9.17, 15) is 0 Å². The summed E-state index contributed by atoms with van der Waals surface area (Å²) >= 11 is 1.81. The summed E-state index contributed by atoms with van der Waals surface area (Å²) in [5, 5.41) is 5.55. The van der Waals surface area contributed by atoms with Crippen LogP contribution in [-0.2, 0) is 6.42 Å². The maximum Gasteiger partial charge on any atom is 0.193 e. The fraction of sp³-hybridized carbons (Fsp3) is 0.476. The molecule has 148 valence electrons. The van der Waals surface area contributed by atoms with Gasteiger partial charge in [-0.2, -0.15) is 0 Å². The van der Waals surface area contributed by atoms with Crippen LogP contribution in [0.1, 0.15) is 23.4 Å². The summed E-state index contributed by atoms with van der Waals surface area (Å²) in [6.07, 6.45) is 1.04. The van der Waals surface area contributed by atoms with Gasteiger partial charge >= 0.3 is 0 Å². The molecule has 1 heterocycles. The minimum Gasteiger partial charge on any atom is -0.497 e. The Morgan fingerprint density at radius 1 is 1.19 bits per heavy atom. The van der Waals surface area contributed by atoms with Crippen molar-refractivity contribution >= 4 is 17.3 Å². The van der Waals surface area contributed by atoms with E-state index in [1.54, 1.807) is 7.11 Å². The lowest BCUT2D eigenvalue weighted by molar-refractivity contribution is 0.305. The van der Waals surface area contributed by atoms with Gasteiger partial charge in [-0.05, 0) is 56.6 Å². The first kappa shape index (κ1) is 21.3. The molecule has 1 aromatic carbocycles. The standard InChI is InChI=1S/C21H32N4OS/c1-6-22-21(25(4)14-13-19-8-7-15-27-19)23-16-20(24(2)3)17-9-11-18(26-5)12-10-17/h7-12,15,20H,6,13-14,16H2,1-5H3,(H,22,23). The van der Waals surface area contributed by atoms with Crippen LogP contribution in [0, 0.1) is 0 Å². The number of ether oxygens (including phenoxy) is 1. The molecule has 2 rings (SSSR count). The van der Waals surface area contributed by atoms with Gasteiger partial charge in [0.05, 0.1) is 19.7 Å². The maximum absolute atomic E-state index is 5.27. The molecule has 0 aliphatic rings. The van der Waals surface area contributed by atoms with E-state index in [1.807, 2.05) is 23.5 Å². The molecule has 1 N–H and O–H groups in total. The fourth-order valence-corrected chi connectivity index (χ4v) is 3.57. The van der Waals surface area contributed by atoms with Crippen LogP contribution in [0.15, 0.2) is 46.8 Å². The van der Waals surface area contributed by atoms with Gasteiger partial charge in [0.2, 0.25) is 0 Å². The summed E-state index contributed by atoms with van der Waals surface area (Å²) in [6.45, 7) is 4.61. The van der Waals surface area contributed by atoms with E-state index >= 15 is 0 Å². The number of aliphatic imine (C=N–C) groups is 1. The molecule has 0 spiro atoms. The predicted molar refractivity (Wildman–Crippen MR) is 116 cm³/mol. The van der Waals surface area contributed by atoms with Crippen LogP contribution in [0.5, 0.6) is 5.75 Å². The maximum atomic E-state index is 5.27. The third-order valence-corrected chi connectivity index (χ3v) is 5.44. The van der Waals surface area contributed by atoms with Crippen LogP contribution in [0.3, 0.4) is 0 Å². The van der Waals surface area contributed by atoms with Crippen molar-refractivity contribution in [2.45, 2.75) is 19.4 Å². The highest BCUT2D eigenvalue weighted by Crippen LogP contribution is 2.21. The SMILES string of the molecule is CCNC(=NCC(c1ccc(OC)cc1)N(C)C)N(C)CCc1cccs1. The van der Waals surface area contributed by atoms with E-state index in [2.05, 4.69) is 72.8 Å². The first-order valence-electron chi connectivity index (χ1n) is 9.37. The molecule has 0 amide bonds. The Hall–Kier alpha value is -2.05. The molecular formula is C21H32N4OS. The zero-order chi connectivity index (χ0) is 19.6. The molecule has 1 aromatic heterocycles. The molecule has 0 fully saturated rings. The van der Waals surface area contributed by atoms with Gasteiger partial charge in [0.1, 0.15) is 5.75 Å². The van der Waals surface area contributed by atoms with E-state index in [1.165, 1.54) is 10.4 Å². The molecular weight excluding hydrogens is 356 g/mol. The molecule has 1 atom stereocenters. The van der Waals surface area contributed by atoms with Crippen LogP contribution in [-0.4, -0.2) is 63.6 Å². The van der Waals surface area contributed by atoms with Crippen LogP contribution >= 0.6 is 11.3 Å². The minimum atomic E-state index is 0.218. The molecule has 1 unspecified atom stereocenters. The summed E-state index contributed by atoms with van der Waals surface area (Å²) in [6, 6.07) is 12.8. The number of nitrogens with zero attached hydrogens (tertiary/aromatic N) is 3. The number of likely N-dealkylation sites (N-methyl/N-ethyl adjacent to an activating group) is 2. The first-order chi connectivity index (χ1) is 13.0. The van der Waals surface area contributed by atoms with Crippen LogP contribution in [0.4, 0.5) is 0 Å². The largest absolute Gasteiger partial charge is 0.497 e. The molecule has 0 bridgehead atoms. The zero-order valence-electron chi connectivity index (χ0n) is 17.1. The highest BCUT2D eigenvalue weighted by molar-refractivity contribution is 7.09. The fourth-order valence-electron chi connectivity index (χ4n) is 2.87. The third kappa shape index (κ3) is 6.56. The molecule has 0 aliphatic carbocycles. The zero-order valence-corrected chi connectivity index (χ0v) is 17.9. The summed E-state index contributed by atoms with van der Waals surface area (Å²) in [5.74, 6) is 1.83. The molecule has 0 radical (unpaired) electrons. The van der Waals surface area contributed by atoms with Crippen LogP contribution in [0.25, 0.3) is 0 Å². The van der Waals surface area contributed by atoms with E-state index in [0.717, 1.165) is 31.2 Å². The van der Waals surface area contributed by atoms with Gasteiger partial charge in [0, 0.05) is 25.0 Å². The number of methoxy groups -OCH3 is 1. The molecule has 0 aliphatic heterocycles. The summed E-state index contributed by atoms with van der Waals surface area (Å²) < 4.78 is 5.27. The Morgan fingerprint density at radius 3 is 2.48 bits per heavy atom. The Kier molecular flexibility index (Phi) is 8.61. The van der Waals surface area contributed by atoms with Crippen LogP contribution < -0.4 is 10.1 Å². The molecule has 27 heavy (non-hydrogen) atoms. The monoisotopic (exact) mass is 388 g/mol. The second-order valence-electron chi connectivity index (χ2n) is 6.70. The van der Waals surface area contributed by atoms with Crippen molar-refractivity contribution in [3.8, 4) is 5.75 Å². The smallest absolute Gasteiger partial charge is 0.193 e. The number of thiophene rings is 1. The number of hydrogen-bond donors (Lipinski definition) is 1. The summed E-state index contributed by atoms with van der Waals surface area (Å²) in [5.41, 5.74) is 1.24. The van der Waals surface area contributed by atoms with E-state index in [4.69, 9.17) is 9.73 Å². The summed E-state index contributed by atoms with van der Waals surface area (Å²) in [4.78, 5) is 10.7. The average molecular weight is 389 g/mol.